The van der Waals surface area contributed by atoms with Crippen LogP contribution in [0.15, 0.2) is 18.2 Å². The lowest BCUT2D eigenvalue weighted by Crippen LogP contribution is -2.57. The first-order chi connectivity index (χ1) is 13.5. The number of aromatic nitrogens is 2. The predicted octanol–water partition coefficient (Wildman–Crippen LogP) is 3.94. The van der Waals surface area contributed by atoms with E-state index in [-0.39, 0.29) is 12.1 Å². The van der Waals surface area contributed by atoms with Crippen molar-refractivity contribution >= 4 is 22.6 Å². The topological polar surface area (TPSA) is 67.4 Å². The molecule has 1 unspecified atom stereocenters. The van der Waals surface area contributed by atoms with Gasteiger partial charge in [-0.25, -0.2) is 4.79 Å². The number of primary amides is 1. The third kappa shape index (κ3) is 3.45. The molecule has 1 aromatic heterocycles. The maximum atomic E-state index is 11.9. The van der Waals surface area contributed by atoms with Gasteiger partial charge in [0.2, 0.25) is 0 Å². The van der Waals surface area contributed by atoms with Crippen LogP contribution < -0.4 is 10.6 Å². The summed E-state index contributed by atoms with van der Waals surface area (Å²) in [7, 11) is 0. The van der Waals surface area contributed by atoms with Gasteiger partial charge in [0, 0.05) is 30.7 Å². The first kappa shape index (κ1) is 19.1. The van der Waals surface area contributed by atoms with Crippen LogP contribution in [0.25, 0.3) is 10.9 Å². The van der Waals surface area contributed by atoms with Crippen molar-refractivity contribution in [3.05, 3.63) is 23.9 Å². The molecule has 1 saturated heterocycles. The monoisotopic (exact) mass is 383 g/mol. The smallest absolute Gasteiger partial charge is 0.315 e. The summed E-state index contributed by atoms with van der Waals surface area (Å²) in [5, 5.41) is 6.22. The average molecular weight is 384 g/mol. The number of anilines is 1. The van der Waals surface area contributed by atoms with Gasteiger partial charge in [-0.15, -0.1) is 0 Å². The molecule has 2 aliphatic rings. The Labute approximate surface area is 167 Å². The Morgan fingerprint density at radius 3 is 2.68 bits per heavy atom. The third-order valence-electron chi connectivity index (χ3n) is 6.40. The zero-order valence-corrected chi connectivity index (χ0v) is 17.4. The summed E-state index contributed by atoms with van der Waals surface area (Å²) in [6.45, 7) is 8.93. The van der Waals surface area contributed by atoms with Gasteiger partial charge in [0.05, 0.1) is 23.3 Å². The maximum Gasteiger partial charge on any atom is 0.315 e. The Balaban J connectivity index is 1.64. The molecule has 0 bridgehead atoms. The summed E-state index contributed by atoms with van der Waals surface area (Å²) in [6.07, 6.45) is 5.71. The molecule has 6 nitrogen and oxygen atoms in total. The number of carbonyl (C=O) groups is 1. The van der Waals surface area contributed by atoms with E-state index >= 15 is 0 Å². The van der Waals surface area contributed by atoms with Crippen LogP contribution in [0.1, 0.15) is 58.2 Å². The Hall–Kier alpha value is -2.24. The van der Waals surface area contributed by atoms with E-state index in [0.717, 1.165) is 25.9 Å². The number of nitrogens with two attached hydrogens (primary N) is 1. The normalized spacial score (nSPS) is 20.8. The van der Waals surface area contributed by atoms with Crippen molar-refractivity contribution in [2.24, 2.45) is 11.7 Å². The molecule has 2 amide bonds. The number of hydrogen-bond donors (Lipinski definition) is 1. The third-order valence-corrected chi connectivity index (χ3v) is 6.40. The van der Waals surface area contributed by atoms with E-state index in [9.17, 15) is 4.79 Å². The summed E-state index contributed by atoms with van der Waals surface area (Å²) >= 11 is 0. The van der Waals surface area contributed by atoms with Crippen molar-refractivity contribution in [2.45, 2.75) is 65.0 Å². The van der Waals surface area contributed by atoms with E-state index in [0.29, 0.717) is 18.5 Å². The molecular formula is C22H33N5O. The quantitative estimate of drug-likeness (QED) is 0.850. The molecule has 1 aliphatic heterocycles. The first-order valence-electron chi connectivity index (χ1n) is 10.8. The highest BCUT2D eigenvalue weighted by Gasteiger charge is 2.30. The van der Waals surface area contributed by atoms with E-state index in [1.807, 2.05) is 4.90 Å². The summed E-state index contributed by atoms with van der Waals surface area (Å²) in [6, 6.07) is 7.20. The van der Waals surface area contributed by atoms with E-state index < -0.39 is 0 Å². The minimum absolute atomic E-state index is 0.171. The van der Waals surface area contributed by atoms with Gasteiger partial charge < -0.3 is 15.5 Å². The lowest BCUT2D eigenvalue weighted by atomic mass is 9.93. The van der Waals surface area contributed by atoms with Crippen molar-refractivity contribution < 1.29 is 4.79 Å². The van der Waals surface area contributed by atoms with Crippen LogP contribution in [0.2, 0.25) is 0 Å². The Morgan fingerprint density at radius 2 is 2.07 bits per heavy atom. The summed E-state index contributed by atoms with van der Waals surface area (Å²) < 4.78 is 2.27. The molecule has 152 valence electrons. The molecule has 0 spiro atoms. The number of amides is 2. The number of nitrogens with zero attached hydrogens (tertiary/aromatic N) is 4. The van der Waals surface area contributed by atoms with Gasteiger partial charge in [-0.05, 0) is 56.2 Å². The molecule has 2 aromatic rings. The molecule has 6 heteroatoms. The predicted molar refractivity (Wildman–Crippen MR) is 114 cm³/mol. The van der Waals surface area contributed by atoms with Crippen LogP contribution in [-0.4, -0.2) is 46.4 Å². The minimum Gasteiger partial charge on any atom is -0.368 e. The second-order valence-corrected chi connectivity index (χ2v) is 8.79. The van der Waals surface area contributed by atoms with Crippen LogP contribution in [0.3, 0.4) is 0 Å². The SMILES string of the molecule is CCc1nn(C2CCC2)c2cc(N3CCN(C(N)=O)C(CC(C)C)C3)ccc12. The van der Waals surface area contributed by atoms with E-state index in [1.54, 1.807) is 0 Å². The highest BCUT2D eigenvalue weighted by atomic mass is 16.2. The molecule has 1 aromatic carbocycles. The van der Waals surface area contributed by atoms with Crippen LogP contribution in [0.5, 0.6) is 0 Å². The van der Waals surface area contributed by atoms with Crippen LogP contribution in [-0.2, 0) is 6.42 Å². The standard InChI is InChI=1S/C22H33N5O/c1-4-20-19-9-8-17(13-21(19)27(24-20)16-6-5-7-16)25-10-11-26(22(23)28)18(14-25)12-15(2)3/h8-9,13,15-16,18H,4-7,10-12,14H2,1-3H3,(H2,23,28). The van der Waals surface area contributed by atoms with Crippen LogP contribution in [0, 0.1) is 5.92 Å². The molecule has 4 rings (SSSR count). The second kappa shape index (κ2) is 7.64. The number of piperazine rings is 1. The minimum atomic E-state index is -0.295. The lowest BCUT2D eigenvalue weighted by Gasteiger charge is -2.42. The van der Waals surface area contributed by atoms with Crippen LogP contribution in [0.4, 0.5) is 10.5 Å². The van der Waals surface area contributed by atoms with E-state index in [1.165, 1.54) is 41.5 Å². The van der Waals surface area contributed by atoms with Gasteiger partial charge >= 0.3 is 6.03 Å². The summed E-state index contributed by atoms with van der Waals surface area (Å²) in [4.78, 5) is 16.1. The fraction of sp³-hybridized carbons (Fsp3) is 0.636. The summed E-state index contributed by atoms with van der Waals surface area (Å²) in [5.74, 6) is 0.529. The number of aryl methyl sites for hydroxylation is 1. The van der Waals surface area contributed by atoms with Crippen molar-refractivity contribution in [1.82, 2.24) is 14.7 Å². The molecule has 1 atom stereocenters. The number of carbonyl (C=O) groups excluding carboxylic acids is 1. The maximum absolute atomic E-state index is 11.9. The Kier molecular flexibility index (Phi) is 5.21. The Bertz CT molecular complexity index is 854. The average Bonchev–Trinajstić information content (AvgIpc) is 2.97. The molecule has 2 N–H and O–H groups in total. The van der Waals surface area contributed by atoms with Crippen LogP contribution >= 0.6 is 0 Å². The van der Waals surface area contributed by atoms with Crippen molar-refractivity contribution in [2.75, 3.05) is 24.5 Å². The fourth-order valence-corrected chi connectivity index (χ4v) is 4.68. The number of urea groups is 1. The number of benzene rings is 1. The van der Waals surface area contributed by atoms with Gasteiger partial charge in [-0.1, -0.05) is 20.8 Å². The van der Waals surface area contributed by atoms with Crippen molar-refractivity contribution in [1.29, 1.82) is 0 Å². The number of rotatable bonds is 5. The lowest BCUT2D eigenvalue weighted by molar-refractivity contribution is 0.164. The first-order valence-corrected chi connectivity index (χ1v) is 10.8. The van der Waals surface area contributed by atoms with Crippen molar-refractivity contribution in [3.8, 4) is 0 Å². The van der Waals surface area contributed by atoms with Gasteiger partial charge in [0.25, 0.3) is 0 Å². The molecule has 28 heavy (non-hydrogen) atoms. The molecule has 1 aliphatic carbocycles. The van der Waals surface area contributed by atoms with Gasteiger partial charge in [0.1, 0.15) is 0 Å². The highest BCUT2D eigenvalue weighted by Crippen LogP contribution is 2.36. The Morgan fingerprint density at radius 1 is 1.29 bits per heavy atom. The summed E-state index contributed by atoms with van der Waals surface area (Å²) in [5.41, 5.74) is 9.33. The van der Waals surface area contributed by atoms with E-state index in [4.69, 9.17) is 10.8 Å². The largest absolute Gasteiger partial charge is 0.368 e. The van der Waals surface area contributed by atoms with Crippen molar-refractivity contribution in [3.63, 3.8) is 0 Å². The second-order valence-electron chi connectivity index (χ2n) is 8.79. The zero-order chi connectivity index (χ0) is 19.8. The fourth-order valence-electron chi connectivity index (χ4n) is 4.68. The van der Waals surface area contributed by atoms with Gasteiger partial charge in [-0.2, -0.15) is 5.10 Å². The number of fused-ring (bicyclic) bond motifs is 1. The molecule has 2 heterocycles. The molecule has 2 fully saturated rings. The zero-order valence-electron chi connectivity index (χ0n) is 17.4. The van der Waals surface area contributed by atoms with E-state index in [2.05, 4.69) is 48.6 Å². The number of hydrogen-bond acceptors (Lipinski definition) is 3. The van der Waals surface area contributed by atoms with Gasteiger partial charge in [-0.3, -0.25) is 4.68 Å². The molecule has 0 radical (unpaired) electrons. The molecular weight excluding hydrogens is 350 g/mol. The highest BCUT2D eigenvalue weighted by molar-refractivity contribution is 5.85. The van der Waals surface area contributed by atoms with Gasteiger partial charge in [0.15, 0.2) is 0 Å². The molecule has 1 saturated carbocycles.